The van der Waals surface area contributed by atoms with Crippen molar-refractivity contribution < 1.29 is 17.5 Å². The first-order valence-electron chi connectivity index (χ1n) is 8.51. The SMILES string of the molecule is CCN(CC)S(=O)(=O)CCNC(=NC)N(C)Cc1ccc(OC)c(F)c1. The highest BCUT2D eigenvalue weighted by atomic mass is 32.2. The summed E-state index contributed by atoms with van der Waals surface area (Å²) in [4.78, 5) is 5.95. The molecule has 0 spiro atoms. The van der Waals surface area contributed by atoms with Gasteiger partial charge in [-0.2, -0.15) is 0 Å². The second kappa shape index (κ2) is 10.3. The Morgan fingerprint density at radius 1 is 1.31 bits per heavy atom. The van der Waals surface area contributed by atoms with Gasteiger partial charge in [0.05, 0.1) is 12.9 Å². The molecule has 0 saturated heterocycles. The Kier molecular flexibility index (Phi) is 8.80. The number of methoxy groups -OCH3 is 1. The summed E-state index contributed by atoms with van der Waals surface area (Å²) in [5, 5.41) is 3.04. The van der Waals surface area contributed by atoms with Crippen LogP contribution in [0.1, 0.15) is 19.4 Å². The van der Waals surface area contributed by atoms with E-state index < -0.39 is 15.8 Å². The maximum absolute atomic E-state index is 13.8. The predicted molar refractivity (Wildman–Crippen MR) is 102 cm³/mol. The first kappa shape index (κ1) is 22.2. The van der Waals surface area contributed by atoms with E-state index >= 15 is 0 Å². The topological polar surface area (TPSA) is 74.2 Å². The van der Waals surface area contributed by atoms with Crippen LogP contribution < -0.4 is 10.1 Å². The third-order valence-corrected chi connectivity index (χ3v) is 5.97. The number of halogens is 1. The highest BCUT2D eigenvalue weighted by Gasteiger charge is 2.18. The van der Waals surface area contributed by atoms with Crippen LogP contribution in [0.3, 0.4) is 0 Å². The minimum Gasteiger partial charge on any atom is -0.494 e. The van der Waals surface area contributed by atoms with Crippen LogP contribution in [0.4, 0.5) is 4.39 Å². The van der Waals surface area contributed by atoms with Gasteiger partial charge < -0.3 is 15.0 Å². The average Bonchev–Trinajstić information content (AvgIpc) is 2.59. The van der Waals surface area contributed by atoms with Crippen LogP contribution in [0.15, 0.2) is 23.2 Å². The van der Waals surface area contributed by atoms with E-state index in [1.165, 1.54) is 17.5 Å². The summed E-state index contributed by atoms with van der Waals surface area (Å²) >= 11 is 0. The van der Waals surface area contributed by atoms with Crippen LogP contribution in [-0.2, 0) is 16.6 Å². The quantitative estimate of drug-likeness (QED) is 0.513. The number of aliphatic imine (C=N–C) groups is 1. The van der Waals surface area contributed by atoms with E-state index in [-0.39, 0.29) is 18.0 Å². The van der Waals surface area contributed by atoms with Crippen LogP contribution >= 0.6 is 0 Å². The van der Waals surface area contributed by atoms with Gasteiger partial charge in [-0.3, -0.25) is 4.99 Å². The molecule has 148 valence electrons. The summed E-state index contributed by atoms with van der Waals surface area (Å²) in [6.45, 7) is 5.20. The molecule has 0 saturated carbocycles. The molecular weight excluding hydrogens is 359 g/mol. The maximum atomic E-state index is 13.8. The van der Waals surface area contributed by atoms with Gasteiger partial charge in [0.2, 0.25) is 10.0 Å². The molecule has 0 aliphatic heterocycles. The molecule has 0 bridgehead atoms. The molecule has 0 aliphatic carbocycles. The largest absolute Gasteiger partial charge is 0.494 e. The molecule has 1 aromatic rings. The van der Waals surface area contributed by atoms with Gasteiger partial charge in [-0.1, -0.05) is 19.9 Å². The van der Waals surface area contributed by atoms with Gasteiger partial charge in [0, 0.05) is 40.3 Å². The zero-order valence-electron chi connectivity index (χ0n) is 16.1. The Hall–Kier alpha value is -1.87. The van der Waals surface area contributed by atoms with Crippen molar-refractivity contribution in [2.75, 3.05) is 46.6 Å². The average molecular weight is 389 g/mol. The molecule has 0 aromatic heterocycles. The molecule has 0 amide bonds. The first-order chi connectivity index (χ1) is 12.3. The normalized spacial score (nSPS) is 12.3. The van der Waals surface area contributed by atoms with Gasteiger partial charge in [-0.05, 0) is 17.7 Å². The predicted octanol–water partition coefficient (Wildman–Crippen LogP) is 1.51. The Labute approximate surface area is 155 Å². The molecule has 0 unspecified atom stereocenters. The molecule has 9 heteroatoms. The van der Waals surface area contributed by atoms with Crippen molar-refractivity contribution in [3.63, 3.8) is 0 Å². The van der Waals surface area contributed by atoms with E-state index in [0.717, 1.165) is 5.56 Å². The summed E-state index contributed by atoms with van der Waals surface area (Å²) in [7, 11) is 1.55. The van der Waals surface area contributed by atoms with Gasteiger partial charge in [-0.15, -0.1) is 0 Å². The van der Waals surface area contributed by atoms with E-state index in [1.807, 2.05) is 13.8 Å². The van der Waals surface area contributed by atoms with Crippen LogP contribution in [0.5, 0.6) is 5.75 Å². The minimum absolute atomic E-state index is 0.0152. The molecule has 0 fully saturated rings. The maximum Gasteiger partial charge on any atom is 0.215 e. The van der Waals surface area contributed by atoms with E-state index in [1.54, 1.807) is 31.1 Å². The molecule has 1 rings (SSSR count). The summed E-state index contributed by atoms with van der Waals surface area (Å²) in [6.07, 6.45) is 0. The van der Waals surface area contributed by atoms with Crippen molar-refractivity contribution in [1.29, 1.82) is 0 Å². The van der Waals surface area contributed by atoms with Crippen molar-refractivity contribution in [3.8, 4) is 5.75 Å². The number of ether oxygens (including phenoxy) is 1. The van der Waals surface area contributed by atoms with E-state index in [9.17, 15) is 12.8 Å². The highest BCUT2D eigenvalue weighted by Crippen LogP contribution is 2.18. The van der Waals surface area contributed by atoms with Gasteiger partial charge in [0.1, 0.15) is 0 Å². The number of hydrogen-bond acceptors (Lipinski definition) is 4. The molecule has 7 nitrogen and oxygen atoms in total. The molecule has 26 heavy (non-hydrogen) atoms. The van der Waals surface area contributed by atoms with Gasteiger partial charge in [0.15, 0.2) is 17.5 Å². The van der Waals surface area contributed by atoms with Crippen molar-refractivity contribution in [2.45, 2.75) is 20.4 Å². The van der Waals surface area contributed by atoms with E-state index in [2.05, 4.69) is 10.3 Å². The molecular formula is C17H29FN4O3S. The van der Waals surface area contributed by atoms with Crippen molar-refractivity contribution in [3.05, 3.63) is 29.6 Å². The number of nitrogens with zero attached hydrogens (tertiary/aromatic N) is 3. The van der Waals surface area contributed by atoms with Gasteiger partial charge >= 0.3 is 0 Å². The summed E-state index contributed by atoms with van der Waals surface area (Å²) in [5.41, 5.74) is 0.754. The molecule has 0 atom stereocenters. The number of hydrogen-bond donors (Lipinski definition) is 1. The first-order valence-corrected chi connectivity index (χ1v) is 10.1. The van der Waals surface area contributed by atoms with E-state index in [0.29, 0.717) is 25.6 Å². The number of guanidine groups is 1. The number of nitrogens with one attached hydrogen (secondary N) is 1. The lowest BCUT2D eigenvalue weighted by Crippen LogP contribution is -2.42. The van der Waals surface area contributed by atoms with Crippen molar-refractivity contribution >= 4 is 16.0 Å². The fourth-order valence-electron chi connectivity index (χ4n) is 2.58. The molecule has 1 N–H and O–H groups in total. The Bertz CT molecular complexity index is 706. The smallest absolute Gasteiger partial charge is 0.215 e. The van der Waals surface area contributed by atoms with Crippen LogP contribution in [-0.4, -0.2) is 70.2 Å². The van der Waals surface area contributed by atoms with Gasteiger partial charge in [-0.25, -0.2) is 17.1 Å². The van der Waals surface area contributed by atoms with Crippen LogP contribution in [0.25, 0.3) is 0 Å². The lowest BCUT2D eigenvalue weighted by molar-refractivity contribution is 0.385. The molecule has 0 radical (unpaired) electrons. The lowest BCUT2D eigenvalue weighted by atomic mass is 10.2. The van der Waals surface area contributed by atoms with Crippen LogP contribution in [0, 0.1) is 5.82 Å². The Balaban J connectivity index is 2.65. The fourth-order valence-corrected chi connectivity index (χ4v) is 3.98. The number of rotatable bonds is 9. The Morgan fingerprint density at radius 3 is 2.46 bits per heavy atom. The highest BCUT2D eigenvalue weighted by molar-refractivity contribution is 7.89. The van der Waals surface area contributed by atoms with Gasteiger partial charge in [0.25, 0.3) is 0 Å². The molecule has 1 aromatic carbocycles. The molecule has 0 aliphatic rings. The summed E-state index contributed by atoms with van der Waals surface area (Å²) in [5.74, 6) is 0.293. The summed E-state index contributed by atoms with van der Waals surface area (Å²) < 4.78 is 44.5. The van der Waals surface area contributed by atoms with Crippen molar-refractivity contribution in [1.82, 2.24) is 14.5 Å². The second-order valence-electron chi connectivity index (χ2n) is 5.70. The van der Waals surface area contributed by atoms with Crippen molar-refractivity contribution in [2.24, 2.45) is 4.99 Å². The zero-order valence-corrected chi connectivity index (χ0v) is 16.9. The minimum atomic E-state index is -3.29. The second-order valence-corrected chi connectivity index (χ2v) is 7.79. The number of benzene rings is 1. The third-order valence-electron chi connectivity index (χ3n) is 3.95. The molecule has 0 heterocycles. The van der Waals surface area contributed by atoms with E-state index in [4.69, 9.17) is 4.74 Å². The Morgan fingerprint density at radius 2 is 1.96 bits per heavy atom. The lowest BCUT2D eigenvalue weighted by Gasteiger charge is -2.23. The summed E-state index contributed by atoms with van der Waals surface area (Å²) in [6, 6.07) is 4.76. The zero-order chi connectivity index (χ0) is 19.7. The standard InChI is InChI=1S/C17H29FN4O3S/c1-6-22(7-2)26(23,24)11-10-20-17(19-3)21(4)13-14-8-9-16(25-5)15(18)12-14/h8-9,12H,6-7,10-11,13H2,1-5H3,(H,19,20). The fraction of sp³-hybridized carbons (Fsp3) is 0.588. The monoisotopic (exact) mass is 388 g/mol. The third kappa shape index (κ3) is 6.14. The van der Waals surface area contributed by atoms with Crippen LogP contribution in [0.2, 0.25) is 0 Å². The number of sulfonamides is 1.